The highest BCUT2D eigenvalue weighted by molar-refractivity contribution is 7.92. The number of anilines is 1. The Balaban J connectivity index is 1.84. The van der Waals surface area contributed by atoms with Crippen LogP contribution in [0.25, 0.3) is 0 Å². The fraction of sp³-hybridized carbons (Fsp3) is 0.316. The van der Waals surface area contributed by atoms with Gasteiger partial charge in [-0.25, -0.2) is 12.8 Å². The Bertz CT molecular complexity index is 962. The summed E-state index contributed by atoms with van der Waals surface area (Å²) in [5, 5.41) is 0. The maximum atomic E-state index is 13.2. The minimum atomic E-state index is -3.90. The van der Waals surface area contributed by atoms with E-state index in [0.29, 0.717) is 30.9 Å². The van der Waals surface area contributed by atoms with Crippen molar-refractivity contribution >= 4 is 21.6 Å². The maximum Gasteiger partial charge on any atom is 0.262 e. The Labute approximate surface area is 158 Å². The SMILES string of the molecule is Cc1cc(F)ccc1S(=O)(=O)Nc1cccc(C(=O)N2CCOCC2C)c1. The third-order valence-corrected chi connectivity index (χ3v) is 5.96. The lowest BCUT2D eigenvalue weighted by atomic mass is 10.1. The first-order valence-electron chi connectivity index (χ1n) is 8.56. The van der Waals surface area contributed by atoms with E-state index >= 15 is 0 Å². The number of rotatable bonds is 4. The Kier molecular flexibility index (Phi) is 5.48. The van der Waals surface area contributed by atoms with Crippen molar-refractivity contribution in [2.75, 3.05) is 24.5 Å². The van der Waals surface area contributed by atoms with Crippen LogP contribution in [0.1, 0.15) is 22.8 Å². The van der Waals surface area contributed by atoms with Gasteiger partial charge in [-0.2, -0.15) is 0 Å². The molecule has 3 rings (SSSR count). The summed E-state index contributed by atoms with van der Waals surface area (Å²) in [4.78, 5) is 14.4. The van der Waals surface area contributed by atoms with Crippen LogP contribution in [0.15, 0.2) is 47.4 Å². The zero-order valence-electron chi connectivity index (χ0n) is 15.1. The molecule has 1 saturated heterocycles. The molecule has 1 atom stereocenters. The summed E-state index contributed by atoms with van der Waals surface area (Å²) in [6, 6.07) is 9.76. The van der Waals surface area contributed by atoms with Gasteiger partial charge >= 0.3 is 0 Å². The van der Waals surface area contributed by atoms with Gasteiger partial charge in [0.15, 0.2) is 0 Å². The predicted octanol–water partition coefficient (Wildman–Crippen LogP) is 2.80. The molecule has 1 amide bonds. The molecule has 6 nitrogen and oxygen atoms in total. The van der Waals surface area contributed by atoms with E-state index in [9.17, 15) is 17.6 Å². The number of ether oxygens (including phenoxy) is 1. The molecule has 2 aromatic rings. The topological polar surface area (TPSA) is 75.7 Å². The fourth-order valence-electron chi connectivity index (χ4n) is 3.03. The molecule has 8 heteroatoms. The zero-order chi connectivity index (χ0) is 19.6. The molecule has 1 aliphatic rings. The third kappa shape index (κ3) is 4.28. The quantitative estimate of drug-likeness (QED) is 0.868. The minimum absolute atomic E-state index is 0.0116. The second-order valence-corrected chi connectivity index (χ2v) is 8.17. The number of benzene rings is 2. The van der Waals surface area contributed by atoms with Crippen molar-refractivity contribution in [1.82, 2.24) is 4.90 Å². The highest BCUT2D eigenvalue weighted by atomic mass is 32.2. The number of nitrogens with zero attached hydrogens (tertiary/aromatic N) is 1. The Morgan fingerprint density at radius 2 is 2.04 bits per heavy atom. The number of amides is 1. The minimum Gasteiger partial charge on any atom is -0.377 e. The summed E-state index contributed by atoms with van der Waals surface area (Å²) >= 11 is 0. The van der Waals surface area contributed by atoms with E-state index in [0.717, 1.165) is 12.1 Å². The normalized spacial score (nSPS) is 17.6. The number of sulfonamides is 1. The van der Waals surface area contributed by atoms with E-state index < -0.39 is 15.8 Å². The smallest absolute Gasteiger partial charge is 0.262 e. The molecule has 1 fully saturated rings. The number of morpholine rings is 1. The van der Waals surface area contributed by atoms with Crippen molar-refractivity contribution in [3.63, 3.8) is 0 Å². The number of carbonyl (C=O) groups excluding carboxylic acids is 1. The van der Waals surface area contributed by atoms with Gasteiger partial charge in [-0.05, 0) is 55.8 Å². The second kappa shape index (κ2) is 7.66. The van der Waals surface area contributed by atoms with Crippen LogP contribution in [0.3, 0.4) is 0 Å². The lowest BCUT2D eigenvalue weighted by Gasteiger charge is -2.33. The van der Waals surface area contributed by atoms with Crippen LogP contribution in [0.5, 0.6) is 0 Å². The first-order chi connectivity index (χ1) is 12.8. The van der Waals surface area contributed by atoms with E-state index in [1.54, 1.807) is 23.1 Å². The molecular formula is C19H21FN2O4S. The fourth-order valence-corrected chi connectivity index (χ4v) is 4.31. The number of nitrogens with one attached hydrogen (secondary N) is 1. The molecule has 0 radical (unpaired) electrons. The van der Waals surface area contributed by atoms with E-state index in [2.05, 4.69) is 4.72 Å². The van der Waals surface area contributed by atoms with Crippen molar-refractivity contribution in [3.05, 3.63) is 59.4 Å². The van der Waals surface area contributed by atoms with Gasteiger partial charge in [-0.15, -0.1) is 0 Å². The molecule has 0 saturated carbocycles. The monoisotopic (exact) mass is 392 g/mol. The molecule has 144 valence electrons. The van der Waals surface area contributed by atoms with Gasteiger partial charge in [0.05, 0.1) is 24.2 Å². The first-order valence-corrected chi connectivity index (χ1v) is 10.0. The van der Waals surface area contributed by atoms with E-state index in [1.165, 1.54) is 19.1 Å². The van der Waals surface area contributed by atoms with Gasteiger partial charge in [0.1, 0.15) is 5.82 Å². The van der Waals surface area contributed by atoms with Crippen molar-refractivity contribution < 1.29 is 22.3 Å². The average molecular weight is 392 g/mol. The average Bonchev–Trinajstić information content (AvgIpc) is 2.61. The summed E-state index contributed by atoms with van der Waals surface area (Å²) in [7, 11) is -3.90. The number of hydrogen-bond acceptors (Lipinski definition) is 4. The molecule has 1 N–H and O–H groups in total. The second-order valence-electron chi connectivity index (χ2n) is 6.52. The molecule has 1 unspecified atom stereocenters. The number of carbonyl (C=O) groups is 1. The molecule has 1 aliphatic heterocycles. The maximum absolute atomic E-state index is 13.2. The molecular weight excluding hydrogens is 371 g/mol. The standard InChI is InChI=1S/C19H21FN2O4S/c1-13-10-16(20)6-7-18(13)27(24,25)21-17-5-3-4-15(11-17)19(23)22-8-9-26-12-14(22)2/h3-7,10-11,14,21H,8-9,12H2,1-2H3. The Hall–Kier alpha value is -2.45. The Morgan fingerprint density at radius 1 is 1.26 bits per heavy atom. The van der Waals surface area contributed by atoms with E-state index in [4.69, 9.17) is 4.74 Å². The van der Waals surface area contributed by atoms with Crippen LogP contribution in [0, 0.1) is 12.7 Å². The highest BCUT2D eigenvalue weighted by Crippen LogP contribution is 2.22. The van der Waals surface area contributed by atoms with Crippen LogP contribution in [0.2, 0.25) is 0 Å². The van der Waals surface area contributed by atoms with Crippen LogP contribution in [0.4, 0.5) is 10.1 Å². The van der Waals surface area contributed by atoms with Gasteiger partial charge in [-0.3, -0.25) is 9.52 Å². The molecule has 27 heavy (non-hydrogen) atoms. The molecule has 2 aromatic carbocycles. The van der Waals surface area contributed by atoms with Crippen LogP contribution in [-0.4, -0.2) is 45.0 Å². The number of halogens is 1. The lowest BCUT2D eigenvalue weighted by Crippen LogP contribution is -2.47. The van der Waals surface area contributed by atoms with Gasteiger partial charge in [-0.1, -0.05) is 6.07 Å². The van der Waals surface area contributed by atoms with E-state index in [1.807, 2.05) is 6.92 Å². The summed E-state index contributed by atoms with van der Waals surface area (Å²) in [6.07, 6.45) is 0. The Morgan fingerprint density at radius 3 is 2.74 bits per heavy atom. The largest absolute Gasteiger partial charge is 0.377 e. The van der Waals surface area contributed by atoms with Crippen molar-refractivity contribution in [3.8, 4) is 0 Å². The van der Waals surface area contributed by atoms with Gasteiger partial charge in [0.25, 0.3) is 15.9 Å². The van der Waals surface area contributed by atoms with Crippen LogP contribution in [-0.2, 0) is 14.8 Å². The third-order valence-electron chi connectivity index (χ3n) is 4.42. The van der Waals surface area contributed by atoms with Gasteiger partial charge in [0.2, 0.25) is 0 Å². The predicted molar refractivity (Wildman–Crippen MR) is 99.7 cm³/mol. The van der Waals surface area contributed by atoms with Crippen molar-refractivity contribution in [2.45, 2.75) is 24.8 Å². The first kappa shape index (κ1) is 19.3. The van der Waals surface area contributed by atoms with Crippen LogP contribution >= 0.6 is 0 Å². The summed E-state index contributed by atoms with van der Waals surface area (Å²) in [6.45, 7) is 4.87. The van der Waals surface area contributed by atoms with Gasteiger partial charge < -0.3 is 9.64 Å². The van der Waals surface area contributed by atoms with E-state index in [-0.39, 0.29) is 22.5 Å². The molecule has 0 aromatic heterocycles. The lowest BCUT2D eigenvalue weighted by molar-refractivity contribution is 0.00360. The van der Waals surface area contributed by atoms with Gasteiger partial charge in [0, 0.05) is 17.8 Å². The van der Waals surface area contributed by atoms with Crippen LogP contribution < -0.4 is 4.72 Å². The van der Waals surface area contributed by atoms with Crippen molar-refractivity contribution in [1.29, 1.82) is 0 Å². The highest BCUT2D eigenvalue weighted by Gasteiger charge is 2.25. The summed E-state index contributed by atoms with van der Waals surface area (Å²) < 4.78 is 46.3. The summed E-state index contributed by atoms with van der Waals surface area (Å²) in [5.74, 6) is -0.677. The number of aryl methyl sites for hydroxylation is 1. The summed E-state index contributed by atoms with van der Waals surface area (Å²) in [5.41, 5.74) is 0.960. The molecule has 1 heterocycles. The molecule has 0 bridgehead atoms. The zero-order valence-corrected chi connectivity index (χ0v) is 15.9. The molecule has 0 spiro atoms. The number of hydrogen-bond donors (Lipinski definition) is 1. The molecule has 0 aliphatic carbocycles. The van der Waals surface area contributed by atoms with Crippen molar-refractivity contribution in [2.24, 2.45) is 0 Å².